The third-order valence-corrected chi connectivity index (χ3v) is 3.32. The molecule has 0 saturated carbocycles. The molecule has 1 unspecified atom stereocenters. The van der Waals surface area contributed by atoms with Crippen LogP contribution in [0.3, 0.4) is 0 Å². The third-order valence-electron chi connectivity index (χ3n) is 2.42. The van der Waals surface area contributed by atoms with Gasteiger partial charge in [0, 0.05) is 15.5 Å². The minimum Gasteiger partial charge on any atom is -0.481 e. The topological polar surface area (TPSA) is 66.4 Å². The Morgan fingerprint density at radius 3 is 2.67 bits per heavy atom. The monoisotopic (exact) mass is 333 g/mol. The lowest BCUT2D eigenvalue weighted by molar-refractivity contribution is -0.137. The van der Waals surface area contributed by atoms with E-state index in [9.17, 15) is 9.59 Å². The molecule has 4 nitrogen and oxygen atoms in total. The van der Waals surface area contributed by atoms with E-state index >= 15 is 0 Å². The minimum absolute atomic E-state index is 0.0898. The molecule has 1 amide bonds. The van der Waals surface area contributed by atoms with E-state index in [1.165, 1.54) is 0 Å². The van der Waals surface area contributed by atoms with Gasteiger partial charge < -0.3 is 10.4 Å². The van der Waals surface area contributed by atoms with E-state index in [0.29, 0.717) is 21.5 Å². The summed E-state index contributed by atoms with van der Waals surface area (Å²) < 4.78 is 0.581. The van der Waals surface area contributed by atoms with Crippen LogP contribution in [0.4, 0.5) is 0 Å². The van der Waals surface area contributed by atoms with E-state index in [2.05, 4.69) is 21.2 Å². The molecule has 0 spiro atoms. The van der Waals surface area contributed by atoms with Crippen molar-refractivity contribution in [2.75, 3.05) is 0 Å². The first kappa shape index (κ1) is 15.0. The number of carbonyl (C=O) groups excluding carboxylic acids is 1. The van der Waals surface area contributed by atoms with E-state index < -0.39 is 5.97 Å². The van der Waals surface area contributed by atoms with Gasteiger partial charge in [0.1, 0.15) is 0 Å². The Kier molecular flexibility index (Phi) is 5.62. The van der Waals surface area contributed by atoms with Crippen molar-refractivity contribution in [2.45, 2.75) is 25.8 Å². The number of benzene rings is 1. The molecule has 0 aliphatic heterocycles. The normalized spacial score (nSPS) is 11.9. The molecule has 0 aliphatic carbocycles. The van der Waals surface area contributed by atoms with Gasteiger partial charge >= 0.3 is 5.97 Å². The Bertz CT molecular complexity index is 465. The average Bonchev–Trinajstić information content (AvgIpc) is 2.27. The smallest absolute Gasteiger partial charge is 0.305 e. The summed E-state index contributed by atoms with van der Waals surface area (Å²) in [5.74, 6) is -1.25. The highest BCUT2D eigenvalue weighted by Crippen LogP contribution is 2.21. The fourth-order valence-corrected chi connectivity index (χ4v) is 2.31. The van der Waals surface area contributed by atoms with E-state index in [1.807, 2.05) is 6.92 Å². The number of carboxylic acid groups (broad SMARTS) is 1. The van der Waals surface area contributed by atoms with Crippen molar-refractivity contribution in [1.82, 2.24) is 5.32 Å². The minimum atomic E-state index is -0.933. The van der Waals surface area contributed by atoms with Crippen LogP contribution < -0.4 is 5.32 Å². The first-order valence-corrected chi connectivity index (χ1v) is 6.58. The second kappa shape index (κ2) is 6.75. The maximum atomic E-state index is 12.0. The number of carboxylic acids is 1. The van der Waals surface area contributed by atoms with Crippen molar-refractivity contribution in [2.24, 2.45) is 0 Å². The molecule has 1 aromatic rings. The zero-order chi connectivity index (χ0) is 13.7. The summed E-state index contributed by atoms with van der Waals surface area (Å²) in [4.78, 5) is 22.6. The van der Waals surface area contributed by atoms with Crippen molar-refractivity contribution in [3.8, 4) is 0 Å². The summed E-state index contributed by atoms with van der Waals surface area (Å²) in [5.41, 5.74) is 0.434. The van der Waals surface area contributed by atoms with Gasteiger partial charge in [-0.15, -0.1) is 0 Å². The van der Waals surface area contributed by atoms with E-state index in [4.69, 9.17) is 16.7 Å². The Morgan fingerprint density at radius 2 is 2.17 bits per heavy atom. The largest absolute Gasteiger partial charge is 0.481 e. The van der Waals surface area contributed by atoms with Gasteiger partial charge in [0.05, 0.1) is 12.0 Å². The highest BCUT2D eigenvalue weighted by molar-refractivity contribution is 9.10. The van der Waals surface area contributed by atoms with Crippen LogP contribution >= 0.6 is 27.5 Å². The van der Waals surface area contributed by atoms with Crippen LogP contribution in [0.5, 0.6) is 0 Å². The van der Waals surface area contributed by atoms with E-state index in [0.717, 1.165) is 0 Å². The molecule has 1 rings (SSSR count). The molecule has 1 aromatic carbocycles. The second-order valence-electron chi connectivity index (χ2n) is 3.80. The number of halogens is 2. The standard InChI is InChI=1S/C12H13BrClNO3/c1-2-8(6-11(16)17)15-12(18)9-4-3-7(14)5-10(9)13/h3-5,8H,2,6H2,1H3,(H,15,18)(H,16,17). The third kappa shape index (κ3) is 4.31. The van der Waals surface area contributed by atoms with Crippen molar-refractivity contribution in [1.29, 1.82) is 0 Å². The highest BCUT2D eigenvalue weighted by atomic mass is 79.9. The van der Waals surface area contributed by atoms with Crippen LogP contribution in [0, 0.1) is 0 Å². The number of aliphatic carboxylic acids is 1. The van der Waals surface area contributed by atoms with Gasteiger partial charge in [-0.1, -0.05) is 18.5 Å². The molecule has 6 heteroatoms. The first-order chi connectivity index (χ1) is 8.43. The fraction of sp³-hybridized carbons (Fsp3) is 0.333. The van der Waals surface area contributed by atoms with Crippen molar-refractivity contribution in [3.05, 3.63) is 33.3 Å². The first-order valence-electron chi connectivity index (χ1n) is 5.41. The maximum absolute atomic E-state index is 12.0. The molecular formula is C12H13BrClNO3. The SMILES string of the molecule is CCC(CC(=O)O)NC(=O)c1ccc(Cl)cc1Br. The Labute approximate surface area is 118 Å². The summed E-state index contributed by atoms with van der Waals surface area (Å²) in [5, 5.41) is 11.9. The lowest BCUT2D eigenvalue weighted by Gasteiger charge is -2.15. The van der Waals surface area contributed by atoms with Gasteiger partial charge in [-0.05, 0) is 40.5 Å². The number of rotatable bonds is 5. The van der Waals surface area contributed by atoms with Crippen LogP contribution in [-0.2, 0) is 4.79 Å². The summed E-state index contributed by atoms with van der Waals surface area (Å²) in [7, 11) is 0. The van der Waals surface area contributed by atoms with E-state index in [-0.39, 0.29) is 18.4 Å². The van der Waals surface area contributed by atoms with E-state index in [1.54, 1.807) is 18.2 Å². The highest BCUT2D eigenvalue weighted by Gasteiger charge is 2.16. The molecule has 18 heavy (non-hydrogen) atoms. The van der Waals surface area contributed by atoms with Gasteiger partial charge in [0.2, 0.25) is 0 Å². The van der Waals surface area contributed by atoms with Crippen LogP contribution in [-0.4, -0.2) is 23.0 Å². The molecule has 0 radical (unpaired) electrons. The Balaban J connectivity index is 2.77. The van der Waals surface area contributed by atoms with Crippen LogP contribution in [0.15, 0.2) is 22.7 Å². The van der Waals surface area contributed by atoms with Gasteiger partial charge in [-0.3, -0.25) is 9.59 Å². The zero-order valence-corrected chi connectivity index (χ0v) is 12.1. The Hall–Kier alpha value is -1.07. The van der Waals surface area contributed by atoms with Gasteiger partial charge in [-0.25, -0.2) is 0 Å². The predicted octanol–water partition coefficient (Wildman–Crippen LogP) is 3.09. The number of carbonyl (C=O) groups is 2. The quantitative estimate of drug-likeness (QED) is 0.869. The lowest BCUT2D eigenvalue weighted by atomic mass is 10.1. The van der Waals surface area contributed by atoms with Crippen molar-refractivity contribution >= 4 is 39.4 Å². The molecular weight excluding hydrogens is 321 g/mol. The molecule has 1 atom stereocenters. The molecule has 0 fully saturated rings. The molecule has 98 valence electrons. The number of amides is 1. The van der Waals surface area contributed by atoms with Gasteiger partial charge in [-0.2, -0.15) is 0 Å². The predicted molar refractivity (Wildman–Crippen MR) is 73.0 cm³/mol. The molecule has 0 aromatic heterocycles. The summed E-state index contributed by atoms with van der Waals surface area (Å²) in [6, 6.07) is 4.45. The Morgan fingerprint density at radius 1 is 1.50 bits per heavy atom. The van der Waals surface area contributed by atoms with Gasteiger partial charge in [0.25, 0.3) is 5.91 Å². The maximum Gasteiger partial charge on any atom is 0.305 e. The average molecular weight is 335 g/mol. The summed E-state index contributed by atoms with van der Waals surface area (Å²) >= 11 is 9.03. The fourth-order valence-electron chi connectivity index (χ4n) is 1.44. The zero-order valence-electron chi connectivity index (χ0n) is 9.74. The molecule has 0 saturated heterocycles. The van der Waals surface area contributed by atoms with Crippen molar-refractivity contribution in [3.63, 3.8) is 0 Å². The molecule has 0 heterocycles. The van der Waals surface area contributed by atoms with Crippen LogP contribution in [0.2, 0.25) is 5.02 Å². The summed E-state index contributed by atoms with van der Waals surface area (Å²) in [6.07, 6.45) is 0.469. The summed E-state index contributed by atoms with van der Waals surface area (Å²) in [6.45, 7) is 1.82. The second-order valence-corrected chi connectivity index (χ2v) is 5.09. The molecule has 0 bridgehead atoms. The van der Waals surface area contributed by atoms with Crippen LogP contribution in [0.25, 0.3) is 0 Å². The molecule has 0 aliphatic rings. The lowest BCUT2D eigenvalue weighted by Crippen LogP contribution is -2.36. The van der Waals surface area contributed by atoms with Crippen LogP contribution in [0.1, 0.15) is 30.1 Å². The van der Waals surface area contributed by atoms with Gasteiger partial charge in [0.15, 0.2) is 0 Å². The van der Waals surface area contributed by atoms with Crippen molar-refractivity contribution < 1.29 is 14.7 Å². The number of nitrogens with one attached hydrogen (secondary N) is 1. The number of hydrogen-bond donors (Lipinski definition) is 2. The molecule has 2 N–H and O–H groups in total. The number of hydrogen-bond acceptors (Lipinski definition) is 2.